The molecule has 1 aromatic carbocycles. The van der Waals surface area contributed by atoms with Gasteiger partial charge in [-0.05, 0) is 17.7 Å². The van der Waals surface area contributed by atoms with E-state index in [-0.39, 0.29) is 5.84 Å². The molecule has 2 heterocycles. The van der Waals surface area contributed by atoms with Gasteiger partial charge in [-0.3, -0.25) is 5.73 Å². The van der Waals surface area contributed by atoms with Gasteiger partial charge in [-0.25, -0.2) is 4.99 Å². The van der Waals surface area contributed by atoms with Crippen LogP contribution in [0.1, 0.15) is 11.5 Å². The second-order valence-electron chi connectivity index (χ2n) is 5.76. The Morgan fingerprint density at radius 1 is 1.30 bits per heavy atom. The SMILES string of the molecule is N#C[C@@]12[C@H](c3c(Cl)cccc3Cl)[C@]1(C#N)C(N)=[NH+][C@@]21OCCS1. The van der Waals surface area contributed by atoms with Crippen molar-refractivity contribution >= 4 is 40.8 Å². The Morgan fingerprint density at radius 2 is 2.00 bits per heavy atom. The Bertz CT molecular complexity index is 819. The summed E-state index contributed by atoms with van der Waals surface area (Å²) in [6.45, 7) is 0.485. The molecule has 3 N–H and O–H groups in total. The van der Waals surface area contributed by atoms with Crippen LogP contribution < -0.4 is 10.7 Å². The summed E-state index contributed by atoms with van der Waals surface area (Å²) in [7, 11) is 0. The van der Waals surface area contributed by atoms with Crippen molar-refractivity contribution in [3.8, 4) is 12.1 Å². The van der Waals surface area contributed by atoms with E-state index in [0.717, 1.165) is 0 Å². The number of nitrogens with one attached hydrogen (secondary N) is 1. The van der Waals surface area contributed by atoms with Gasteiger partial charge in [-0.2, -0.15) is 10.5 Å². The Balaban J connectivity index is 2.00. The molecule has 0 bridgehead atoms. The third-order valence-corrected chi connectivity index (χ3v) is 6.96. The normalized spacial score (nSPS) is 40.3. The number of rotatable bonds is 1. The lowest BCUT2D eigenvalue weighted by Crippen LogP contribution is -2.88. The molecule has 0 aromatic heterocycles. The average molecular weight is 366 g/mol. The van der Waals surface area contributed by atoms with Gasteiger partial charge in [-0.1, -0.05) is 41.0 Å². The van der Waals surface area contributed by atoms with E-state index in [2.05, 4.69) is 17.1 Å². The quantitative estimate of drug-likeness (QED) is 0.772. The van der Waals surface area contributed by atoms with Crippen molar-refractivity contribution in [2.45, 2.75) is 11.0 Å². The first-order valence-electron chi connectivity index (χ1n) is 6.96. The summed E-state index contributed by atoms with van der Waals surface area (Å²) in [5, 5.41) is 19.7. The van der Waals surface area contributed by atoms with Crippen molar-refractivity contribution < 1.29 is 9.73 Å². The minimum absolute atomic E-state index is 0.247. The van der Waals surface area contributed by atoms with Gasteiger partial charge in [0.1, 0.15) is 0 Å². The van der Waals surface area contributed by atoms with E-state index < -0.39 is 21.8 Å². The molecule has 4 atom stereocenters. The van der Waals surface area contributed by atoms with Gasteiger partial charge in [0.25, 0.3) is 10.9 Å². The first-order chi connectivity index (χ1) is 11.0. The molecule has 2 fully saturated rings. The van der Waals surface area contributed by atoms with Gasteiger partial charge in [0, 0.05) is 21.7 Å². The lowest BCUT2D eigenvalue weighted by molar-refractivity contribution is -0.583. The van der Waals surface area contributed by atoms with Crippen LogP contribution in [0.15, 0.2) is 18.2 Å². The second kappa shape index (κ2) is 4.55. The van der Waals surface area contributed by atoms with Crippen LogP contribution in [0.4, 0.5) is 0 Å². The number of benzene rings is 1. The summed E-state index contributed by atoms with van der Waals surface area (Å²) in [5.74, 6) is 0.434. The highest BCUT2D eigenvalue weighted by Gasteiger charge is 2.96. The summed E-state index contributed by atoms with van der Waals surface area (Å²) >= 11 is 14.1. The zero-order valence-corrected chi connectivity index (χ0v) is 14.1. The van der Waals surface area contributed by atoms with Crippen LogP contribution in [0.2, 0.25) is 10.0 Å². The molecule has 116 valence electrons. The maximum Gasteiger partial charge on any atom is 0.277 e. The van der Waals surface area contributed by atoms with Crippen LogP contribution in [0.25, 0.3) is 0 Å². The van der Waals surface area contributed by atoms with Crippen LogP contribution >= 0.6 is 35.0 Å². The maximum atomic E-state index is 10.0. The first-order valence-corrected chi connectivity index (χ1v) is 8.70. The van der Waals surface area contributed by atoms with E-state index >= 15 is 0 Å². The highest BCUT2D eigenvalue weighted by atomic mass is 35.5. The van der Waals surface area contributed by atoms with Gasteiger partial charge >= 0.3 is 0 Å². The van der Waals surface area contributed by atoms with Gasteiger partial charge < -0.3 is 4.74 Å². The van der Waals surface area contributed by atoms with Crippen molar-refractivity contribution in [2.24, 2.45) is 16.6 Å². The summed E-state index contributed by atoms with van der Waals surface area (Å²) in [4.78, 5) is 3.05. The number of nitrogens with two attached hydrogens (primary N) is 1. The Hall–Kier alpha value is -1.44. The zero-order valence-electron chi connectivity index (χ0n) is 11.8. The van der Waals surface area contributed by atoms with Gasteiger partial charge in [0.05, 0.1) is 18.7 Å². The fourth-order valence-electron chi connectivity index (χ4n) is 4.04. The number of ether oxygens (including phenoxy) is 1. The standard InChI is InChI=1S/C15H10Cl2N4OS/c16-8-2-1-3-9(17)10(8)11-13(6-18)12(20)21-15(14(11,13)7-19)22-4-5-23-15/h1-3,11H,4-5H2,(H2,20,21)/p+1/t11-,13-,14-,15-/m1/s1. The first kappa shape index (κ1) is 15.1. The molecular weight excluding hydrogens is 355 g/mol. The molecule has 3 aliphatic rings. The number of halogens is 2. The molecule has 0 unspecified atom stereocenters. The monoisotopic (exact) mass is 365 g/mol. The van der Waals surface area contributed by atoms with E-state index in [4.69, 9.17) is 33.7 Å². The third-order valence-electron chi connectivity index (χ3n) is 4.98. The smallest absolute Gasteiger partial charge is 0.277 e. The minimum atomic E-state index is -1.20. The topological polar surface area (TPSA) is 96.8 Å². The van der Waals surface area contributed by atoms with Crippen LogP contribution in [0.3, 0.4) is 0 Å². The molecule has 23 heavy (non-hydrogen) atoms. The predicted octanol–water partition coefficient (Wildman–Crippen LogP) is 0.979. The van der Waals surface area contributed by atoms with Crippen molar-refractivity contribution in [3.63, 3.8) is 0 Å². The Labute approximate surface area is 147 Å². The molecular formula is C15H11Cl2N4OS+. The number of nitrogens with zero attached hydrogens (tertiary/aromatic N) is 2. The number of amidine groups is 1. The fourth-order valence-corrected chi connectivity index (χ4v) is 6.01. The molecule has 1 saturated heterocycles. The molecule has 4 rings (SSSR count). The molecule has 0 amide bonds. The average Bonchev–Trinajstić information content (AvgIpc) is 2.77. The molecule has 1 saturated carbocycles. The minimum Gasteiger partial charge on any atom is -0.327 e. The number of fused-ring (bicyclic) bond motifs is 2. The molecule has 8 heteroatoms. The number of hydrogen-bond donors (Lipinski definition) is 2. The Morgan fingerprint density at radius 3 is 2.52 bits per heavy atom. The summed E-state index contributed by atoms with van der Waals surface area (Å²) < 4.78 is 5.87. The summed E-state index contributed by atoms with van der Waals surface area (Å²) in [6.07, 6.45) is 0. The van der Waals surface area contributed by atoms with Crippen molar-refractivity contribution in [3.05, 3.63) is 33.8 Å². The van der Waals surface area contributed by atoms with E-state index in [1.807, 2.05) is 0 Å². The van der Waals surface area contributed by atoms with Gasteiger partial charge in [-0.15, -0.1) is 0 Å². The van der Waals surface area contributed by atoms with E-state index in [1.54, 1.807) is 18.2 Å². The number of nitriles is 2. The van der Waals surface area contributed by atoms with Crippen LogP contribution in [0.5, 0.6) is 0 Å². The van der Waals surface area contributed by atoms with Gasteiger partial charge in [0.2, 0.25) is 0 Å². The van der Waals surface area contributed by atoms with Crippen LogP contribution in [-0.4, -0.2) is 23.3 Å². The summed E-state index contributed by atoms with van der Waals surface area (Å²) in [5.41, 5.74) is 4.38. The lowest BCUT2D eigenvalue weighted by Gasteiger charge is -2.24. The molecule has 1 aliphatic carbocycles. The second-order valence-corrected chi connectivity index (χ2v) is 7.85. The predicted molar refractivity (Wildman–Crippen MR) is 86.6 cm³/mol. The third kappa shape index (κ3) is 1.42. The van der Waals surface area contributed by atoms with Crippen molar-refractivity contribution in [1.82, 2.24) is 0 Å². The van der Waals surface area contributed by atoms with Crippen LogP contribution in [-0.2, 0) is 4.74 Å². The summed E-state index contributed by atoms with van der Waals surface area (Å²) in [6, 6.07) is 9.70. The van der Waals surface area contributed by atoms with E-state index in [9.17, 15) is 10.5 Å². The molecule has 0 radical (unpaired) electrons. The molecule has 1 aromatic rings. The lowest BCUT2D eigenvalue weighted by atomic mass is 9.95. The van der Waals surface area contributed by atoms with E-state index in [0.29, 0.717) is 28.0 Å². The zero-order chi connectivity index (χ0) is 16.5. The van der Waals surface area contributed by atoms with Gasteiger partial charge in [0.15, 0.2) is 10.8 Å². The number of hydrogen-bond acceptors (Lipinski definition) is 5. The van der Waals surface area contributed by atoms with Crippen molar-refractivity contribution in [1.29, 1.82) is 10.5 Å². The van der Waals surface area contributed by atoms with E-state index in [1.165, 1.54) is 11.8 Å². The Kier molecular flexibility index (Phi) is 2.99. The molecule has 1 spiro atoms. The molecule has 2 aliphatic heterocycles. The highest BCUT2D eigenvalue weighted by molar-refractivity contribution is 8.00. The fraction of sp³-hybridized carbons (Fsp3) is 0.400. The maximum absolute atomic E-state index is 10.0. The number of thioether (sulfide) groups is 1. The van der Waals surface area contributed by atoms with Crippen molar-refractivity contribution in [2.75, 3.05) is 12.4 Å². The highest BCUT2D eigenvalue weighted by Crippen LogP contribution is 2.81. The van der Waals surface area contributed by atoms with Crippen LogP contribution in [0, 0.1) is 33.5 Å². The largest absolute Gasteiger partial charge is 0.327 e. The molecule has 5 nitrogen and oxygen atoms in total.